The van der Waals surface area contributed by atoms with Crippen molar-refractivity contribution in [2.75, 3.05) is 0 Å². The molecular formula is C18H20OS. The SMILES string of the molecule is C/C=C(/CCCc1ccccc1)S(=O)c1ccccc1. The van der Waals surface area contributed by atoms with Crippen molar-refractivity contribution < 1.29 is 4.21 Å². The summed E-state index contributed by atoms with van der Waals surface area (Å²) in [4.78, 5) is 1.91. The van der Waals surface area contributed by atoms with Gasteiger partial charge in [-0.25, -0.2) is 4.21 Å². The molecule has 0 radical (unpaired) electrons. The monoisotopic (exact) mass is 284 g/mol. The van der Waals surface area contributed by atoms with Crippen molar-refractivity contribution in [3.63, 3.8) is 0 Å². The van der Waals surface area contributed by atoms with E-state index in [-0.39, 0.29) is 0 Å². The topological polar surface area (TPSA) is 17.1 Å². The van der Waals surface area contributed by atoms with Crippen molar-refractivity contribution in [3.05, 3.63) is 77.2 Å². The highest BCUT2D eigenvalue weighted by Gasteiger charge is 2.08. The van der Waals surface area contributed by atoms with Crippen LogP contribution in [0.5, 0.6) is 0 Å². The molecule has 0 aliphatic heterocycles. The molecule has 2 aromatic rings. The summed E-state index contributed by atoms with van der Waals surface area (Å²) in [5.41, 5.74) is 1.34. The van der Waals surface area contributed by atoms with Crippen molar-refractivity contribution in [1.29, 1.82) is 0 Å². The molecule has 0 aliphatic rings. The fourth-order valence-electron chi connectivity index (χ4n) is 2.15. The molecule has 2 heteroatoms. The molecule has 0 amide bonds. The zero-order chi connectivity index (χ0) is 14.2. The largest absolute Gasteiger partial charge is 0.249 e. The first-order valence-electron chi connectivity index (χ1n) is 6.97. The summed E-state index contributed by atoms with van der Waals surface area (Å²) in [6.45, 7) is 1.97. The van der Waals surface area contributed by atoms with Gasteiger partial charge in [-0.05, 0) is 43.9 Å². The number of allylic oxidation sites excluding steroid dienone is 2. The van der Waals surface area contributed by atoms with Crippen LogP contribution in [0.3, 0.4) is 0 Å². The zero-order valence-corrected chi connectivity index (χ0v) is 12.6. The van der Waals surface area contributed by atoms with Crippen molar-refractivity contribution in [2.24, 2.45) is 0 Å². The van der Waals surface area contributed by atoms with Crippen LogP contribution in [0.25, 0.3) is 0 Å². The highest BCUT2D eigenvalue weighted by molar-refractivity contribution is 7.89. The van der Waals surface area contributed by atoms with Crippen molar-refractivity contribution >= 4 is 10.8 Å². The van der Waals surface area contributed by atoms with Crippen LogP contribution in [0, 0.1) is 0 Å². The second kappa shape index (κ2) is 7.81. The van der Waals surface area contributed by atoms with Crippen LogP contribution in [0.2, 0.25) is 0 Å². The smallest absolute Gasteiger partial charge is 0.0804 e. The summed E-state index contributed by atoms with van der Waals surface area (Å²) < 4.78 is 12.5. The Bertz CT molecular complexity index is 573. The number of rotatable bonds is 6. The molecule has 1 unspecified atom stereocenters. The molecule has 0 aromatic heterocycles. The first-order valence-corrected chi connectivity index (χ1v) is 8.12. The third-order valence-electron chi connectivity index (χ3n) is 3.25. The van der Waals surface area contributed by atoms with Gasteiger partial charge in [-0.15, -0.1) is 0 Å². The van der Waals surface area contributed by atoms with Crippen LogP contribution in [0.15, 0.2) is 76.5 Å². The molecule has 2 aromatic carbocycles. The number of hydrogen-bond acceptors (Lipinski definition) is 1. The molecular weight excluding hydrogens is 264 g/mol. The Hall–Kier alpha value is -1.67. The van der Waals surface area contributed by atoms with Crippen molar-refractivity contribution in [3.8, 4) is 0 Å². The highest BCUT2D eigenvalue weighted by atomic mass is 32.2. The first-order chi connectivity index (χ1) is 9.81. The lowest BCUT2D eigenvalue weighted by molar-refractivity contribution is 0.683. The van der Waals surface area contributed by atoms with Gasteiger partial charge in [0.25, 0.3) is 0 Å². The van der Waals surface area contributed by atoms with E-state index in [1.807, 2.05) is 49.4 Å². The summed E-state index contributed by atoms with van der Waals surface area (Å²) in [5, 5.41) is 0. The molecule has 0 saturated heterocycles. The van der Waals surface area contributed by atoms with Gasteiger partial charge in [0.2, 0.25) is 0 Å². The van der Waals surface area contributed by atoms with Crippen LogP contribution in [0.1, 0.15) is 25.3 Å². The van der Waals surface area contributed by atoms with E-state index >= 15 is 0 Å². The van der Waals surface area contributed by atoms with Gasteiger partial charge < -0.3 is 0 Å². The quantitative estimate of drug-likeness (QED) is 0.750. The molecule has 0 saturated carbocycles. The molecule has 0 bridgehead atoms. The summed E-state index contributed by atoms with van der Waals surface area (Å²) >= 11 is 0. The van der Waals surface area contributed by atoms with Crippen LogP contribution < -0.4 is 0 Å². The van der Waals surface area contributed by atoms with Gasteiger partial charge in [-0.1, -0.05) is 54.6 Å². The third-order valence-corrected chi connectivity index (χ3v) is 4.87. The predicted molar refractivity (Wildman–Crippen MR) is 86.0 cm³/mol. The number of aryl methyl sites for hydroxylation is 1. The maximum atomic E-state index is 12.5. The normalized spacial score (nSPS) is 13.2. The van der Waals surface area contributed by atoms with Gasteiger partial charge in [0.1, 0.15) is 0 Å². The van der Waals surface area contributed by atoms with E-state index < -0.39 is 10.8 Å². The Balaban J connectivity index is 1.92. The van der Waals surface area contributed by atoms with Gasteiger partial charge in [-0.3, -0.25) is 0 Å². The molecule has 1 nitrogen and oxygen atoms in total. The second-order valence-electron chi connectivity index (χ2n) is 4.68. The third kappa shape index (κ3) is 4.17. The molecule has 20 heavy (non-hydrogen) atoms. The predicted octanol–water partition coefficient (Wildman–Crippen LogP) is 4.72. The maximum absolute atomic E-state index is 12.5. The number of hydrogen-bond donors (Lipinski definition) is 0. The van der Waals surface area contributed by atoms with Gasteiger partial charge in [0.05, 0.1) is 10.8 Å². The number of benzene rings is 2. The van der Waals surface area contributed by atoms with Gasteiger partial charge in [-0.2, -0.15) is 0 Å². The lowest BCUT2D eigenvalue weighted by Gasteiger charge is -2.07. The summed E-state index contributed by atoms with van der Waals surface area (Å²) in [6, 6.07) is 20.1. The Morgan fingerprint density at radius 2 is 1.60 bits per heavy atom. The highest BCUT2D eigenvalue weighted by Crippen LogP contribution is 2.19. The second-order valence-corrected chi connectivity index (χ2v) is 6.21. The van der Waals surface area contributed by atoms with Crippen molar-refractivity contribution in [2.45, 2.75) is 31.1 Å². The Morgan fingerprint density at radius 1 is 1.00 bits per heavy atom. The van der Waals surface area contributed by atoms with Crippen molar-refractivity contribution in [1.82, 2.24) is 0 Å². The minimum atomic E-state index is -1.02. The van der Waals surface area contributed by atoms with Crippen LogP contribution >= 0.6 is 0 Å². The maximum Gasteiger partial charge on any atom is 0.0804 e. The van der Waals surface area contributed by atoms with E-state index in [0.29, 0.717) is 0 Å². The van der Waals surface area contributed by atoms with E-state index in [1.54, 1.807) is 0 Å². The minimum Gasteiger partial charge on any atom is -0.249 e. The van der Waals surface area contributed by atoms with Gasteiger partial charge in [0.15, 0.2) is 0 Å². The van der Waals surface area contributed by atoms with Crippen LogP contribution in [-0.4, -0.2) is 4.21 Å². The molecule has 0 spiro atoms. The van der Waals surface area contributed by atoms with E-state index in [4.69, 9.17) is 0 Å². The molecule has 2 rings (SSSR count). The van der Waals surface area contributed by atoms with E-state index in [0.717, 1.165) is 29.1 Å². The fourth-order valence-corrected chi connectivity index (χ4v) is 3.40. The van der Waals surface area contributed by atoms with Gasteiger partial charge in [0, 0.05) is 9.80 Å². The standard InChI is InChI=1S/C18H20OS/c1-2-17(20(19)18-13-7-4-8-14-18)15-9-12-16-10-5-3-6-11-16/h2-8,10-11,13-14H,9,12,15H2,1H3/b17-2-. The Morgan fingerprint density at radius 3 is 2.20 bits per heavy atom. The lowest BCUT2D eigenvalue weighted by atomic mass is 10.1. The molecule has 0 heterocycles. The first kappa shape index (κ1) is 14.7. The molecule has 0 N–H and O–H groups in total. The Kier molecular flexibility index (Phi) is 5.75. The van der Waals surface area contributed by atoms with E-state index in [2.05, 4.69) is 24.3 Å². The Labute approximate surface area is 123 Å². The molecule has 1 atom stereocenters. The van der Waals surface area contributed by atoms with Crippen LogP contribution in [-0.2, 0) is 17.2 Å². The summed E-state index contributed by atoms with van der Waals surface area (Å²) in [6.07, 6.45) is 4.94. The lowest BCUT2D eigenvalue weighted by Crippen LogP contribution is -1.97. The summed E-state index contributed by atoms with van der Waals surface area (Å²) in [5.74, 6) is 0. The molecule has 0 aliphatic carbocycles. The average Bonchev–Trinajstić information content (AvgIpc) is 2.53. The fraction of sp³-hybridized carbons (Fsp3) is 0.222. The molecule has 104 valence electrons. The summed E-state index contributed by atoms with van der Waals surface area (Å²) in [7, 11) is -1.02. The minimum absolute atomic E-state index is 0.882. The van der Waals surface area contributed by atoms with Crippen LogP contribution in [0.4, 0.5) is 0 Å². The van der Waals surface area contributed by atoms with E-state index in [1.165, 1.54) is 5.56 Å². The molecule has 0 fully saturated rings. The van der Waals surface area contributed by atoms with E-state index in [9.17, 15) is 4.21 Å². The zero-order valence-electron chi connectivity index (χ0n) is 11.8. The average molecular weight is 284 g/mol. The van der Waals surface area contributed by atoms with Gasteiger partial charge >= 0.3 is 0 Å².